The molecule has 11 nitrogen and oxygen atoms in total. The minimum atomic E-state index is -1.48. The molecule has 2 aromatic carbocycles. The van der Waals surface area contributed by atoms with Crippen molar-refractivity contribution in [2.75, 3.05) is 13.2 Å². The molecule has 0 atom stereocenters. The van der Waals surface area contributed by atoms with Crippen molar-refractivity contribution in [1.29, 1.82) is 0 Å². The number of hydrogen-bond acceptors (Lipinski definition) is 7. The first-order valence-corrected chi connectivity index (χ1v) is 10.4. The summed E-state index contributed by atoms with van der Waals surface area (Å²) in [6.45, 7) is 2.69. The van der Waals surface area contributed by atoms with Gasteiger partial charge in [-0.3, -0.25) is 24.0 Å². The van der Waals surface area contributed by atoms with E-state index in [0.29, 0.717) is 17.0 Å². The van der Waals surface area contributed by atoms with E-state index >= 15 is 0 Å². The van der Waals surface area contributed by atoms with Gasteiger partial charge < -0.3 is 14.9 Å². The number of aliphatic hydroxyl groups excluding tert-OH is 1. The predicted molar refractivity (Wildman–Crippen MR) is 122 cm³/mol. The minimum Gasteiger partial charge on any atom is -0.491 e. The summed E-state index contributed by atoms with van der Waals surface area (Å²) in [6.07, 6.45) is 0.0888. The molecule has 0 amide bonds. The van der Waals surface area contributed by atoms with Gasteiger partial charge in [-0.05, 0) is 43.2 Å². The number of ether oxygens (including phenoxy) is 1. The van der Waals surface area contributed by atoms with Crippen LogP contribution in [-0.2, 0) is 13.0 Å². The number of nitro benzene ring substituents is 1. The zero-order valence-electron chi connectivity index (χ0n) is 18.6. The summed E-state index contributed by atoms with van der Waals surface area (Å²) in [5, 5.41) is 30.0. The molecule has 2 N–H and O–H groups in total. The van der Waals surface area contributed by atoms with Gasteiger partial charge >= 0.3 is 11.7 Å². The summed E-state index contributed by atoms with van der Waals surface area (Å²) in [7, 11) is 0. The second-order valence-electron chi connectivity index (χ2n) is 7.37. The highest BCUT2D eigenvalue weighted by molar-refractivity contribution is 5.88. The van der Waals surface area contributed by atoms with Crippen LogP contribution < -0.4 is 16.0 Å². The molecule has 0 aliphatic rings. The Balaban J connectivity index is 2.25. The molecule has 0 aliphatic carbocycles. The number of hydrogen-bond donors (Lipinski definition) is 2. The average Bonchev–Trinajstić information content (AvgIpc) is 2.81. The molecule has 3 rings (SSSR count). The van der Waals surface area contributed by atoms with Crippen molar-refractivity contribution in [2.45, 2.75) is 26.8 Å². The van der Waals surface area contributed by atoms with Crippen LogP contribution in [-0.4, -0.2) is 43.5 Å². The summed E-state index contributed by atoms with van der Waals surface area (Å²) >= 11 is 0. The van der Waals surface area contributed by atoms with E-state index in [2.05, 4.69) is 0 Å². The quantitative estimate of drug-likeness (QED) is 0.356. The maximum absolute atomic E-state index is 13.5. The smallest absolute Gasteiger partial charge is 0.343 e. The number of benzene rings is 2. The van der Waals surface area contributed by atoms with Crippen molar-refractivity contribution >= 4 is 11.7 Å². The van der Waals surface area contributed by atoms with Gasteiger partial charge in [0.1, 0.15) is 17.9 Å². The highest BCUT2D eigenvalue weighted by Gasteiger charge is 2.25. The standard InChI is InChI=1S/C23H23N3O8/c1-3-18-20(22(29)30)21(28)24(13-15-5-4-6-19(14(15)2)26(32)33)23(31)25(18)16-7-9-17(10-8-16)34-12-11-27/h4-10,27H,3,11-13H2,1-2H3,(H,29,30). The van der Waals surface area contributed by atoms with E-state index in [-0.39, 0.29) is 43.1 Å². The van der Waals surface area contributed by atoms with Gasteiger partial charge in [-0.1, -0.05) is 19.1 Å². The molecule has 34 heavy (non-hydrogen) atoms. The van der Waals surface area contributed by atoms with Crippen molar-refractivity contribution in [3.63, 3.8) is 0 Å². The molecule has 0 saturated heterocycles. The Kier molecular flexibility index (Phi) is 7.27. The van der Waals surface area contributed by atoms with Crippen molar-refractivity contribution in [3.8, 4) is 11.4 Å². The molecule has 0 bridgehead atoms. The molecule has 0 saturated carbocycles. The van der Waals surface area contributed by atoms with E-state index in [9.17, 15) is 29.6 Å². The van der Waals surface area contributed by atoms with Crippen LogP contribution in [0.4, 0.5) is 5.69 Å². The fourth-order valence-electron chi connectivity index (χ4n) is 3.71. The Morgan fingerprint density at radius 2 is 1.82 bits per heavy atom. The maximum Gasteiger partial charge on any atom is 0.343 e. The van der Waals surface area contributed by atoms with Crippen molar-refractivity contribution < 1.29 is 24.7 Å². The van der Waals surface area contributed by atoms with Gasteiger partial charge in [-0.2, -0.15) is 0 Å². The highest BCUT2D eigenvalue weighted by Crippen LogP contribution is 2.22. The Morgan fingerprint density at radius 1 is 1.15 bits per heavy atom. The fraction of sp³-hybridized carbons (Fsp3) is 0.261. The largest absolute Gasteiger partial charge is 0.491 e. The zero-order chi connectivity index (χ0) is 25.0. The van der Waals surface area contributed by atoms with Crippen molar-refractivity contribution in [1.82, 2.24) is 9.13 Å². The lowest BCUT2D eigenvalue weighted by Gasteiger charge is -2.18. The molecule has 178 valence electrons. The van der Waals surface area contributed by atoms with Crippen LogP contribution in [0.5, 0.6) is 5.75 Å². The fourth-order valence-corrected chi connectivity index (χ4v) is 3.71. The predicted octanol–water partition coefficient (Wildman–Crippen LogP) is 1.90. The Labute approximate surface area is 193 Å². The average molecular weight is 469 g/mol. The lowest BCUT2D eigenvalue weighted by molar-refractivity contribution is -0.385. The number of aromatic carboxylic acids is 1. The number of rotatable bonds is 9. The van der Waals surface area contributed by atoms with E-state index in [0.717, 1.165) is 9.13 Å². The minimum absolute atomic E-state index is 0.0264. The summed E-state index contributed by atoms with van der Waals surface area (Å²) in [6, 6.07) is 10.5. The van der Waals surface area contributed by atoms with E-state index in [1.165, 1.54) is 31.2 Å². The molecule has 3 aromatic rings. The van der Waals surface area contributed by atoms with Gasteiger partial charge in [-0.15, -0.1) is 0 Å². The second-order valence-corrected chi connectivity index (χ2v) is 7.37. The van der Waals surface area contributed by atoms with Crippen LogP contribution >= 0.6 is 0 Å². The number of carboxylic acid groups (broad SMARTS) is 1. The first kappa shape index (κ1) is 24.4. The third kappa shape index (κ3) is 4.59. The van der Waals surface area contributed by atoms with Gasteiger partial charge in [0.05, 0.1) is 23.8 Å². The topological polar surface area (TPSA) is 154 Å². The molecule has 11 heteroatoms. The molecule has 0 aliphatic heterocycles. The third-order valence-corrected chi connectivity index (χ3v) is 5.39. The van der Waals surface area contributed by atoms with E-state index in [4.69, 9.17) is 9.84 Å². The lowest BCUT2D eigenvalue weighted by atomic mass is 10.1. The van der Waals surface area contributed by atoms with Crippen LogP contribution in [0.15, 0.2) is 52.1 Å². The van der Waals surface area contributed by atoms with Crippen LogP contribution in [0.25, 0.3) is 5.69 Å². The molecule has 1 aromatic heterocycles. The summed E-state index contributed by atoms with van der Waals surface area (Å²) in [4.78, 5) is 49.3. The molecular weight excluding hydrogens is 446 g/mol. The maximum atomic E-state index is 13.5. The number of aliphatic hydroxyl groups is 1. The van der Waals surface area contributed by atoms with Gasteiger partial charge in [0, 0.05) is 17.3 Å². The van der Waals surface area contributed by atoms with E-state index < -0.39 is 27.7 Å². The van der Waals surface area contributed by atoms with Crippen molar-refractivity contribution in [3.05, 3.63) is 95.8 Å². The molecule has 0 fully saturated rings. The Morgan fingerprint density at radius 3 is 2.38 bits per heavy atom. The van der Waals surface area contributed by atoms with E-state index in [1.54, 1.807) is 25.1 Å². The highest BCUT2D eigenvalue weighted by atomic mass is 16.6. The number of aromatic nitrogens is 2. The summed E-state index contributed by atoms with van der Waals surface area (Å²) in [5.41, 5.74) is -1.54. The summed E-state index contributed by atoms with van der Waals surface area (Å²) < 4.78 is 7.23. The molecule has 0 spiro atoms. The van der Waals surface area contributed by atoms with Crippen LogP contribution in [0.1, 0.15) is 34.1 Å². The number of carbonyl (C=O) groups is 1. The van der Waals surface area contributed by atoms with E-state index in [1.807, 2.05) is 0 Å². The van der Waals surface area contributed by atoms with Gasteiger partial charge in [0.25, 0.3) is 11.2 Å². The molecule has 0 radical (unpaired) electrons. The number of carboxylic acids is 1. The number of nitrogens with zero attached hydrogens (tertiary/aromatic N) is 3. The van der Waals surface area contributed by atoms with Crippen LogP contribution in [0, 0.1) is 17.0 Å². The number of nitro groups is 1. The van der Waals surface area contributed by atoms with Gasteiger partial charge in [0.15, 0.2) is 0 Å². The SMILES string of the molecule is CCc1c(C(=O)O)c(=O)n(Cc2cccc([N+](=O)[O-])c2C)c(=O)n1-c1ccc(OCCO)cc1. The van der Waals surface area contributed by atoms with Crippen LogP contribution in [0.3, 0.4) is 0 Å². The van der Waals surface area contributed by atoms with Gasteiger partial charge in [-0.25, -0.2) is 9.59 Å². The third-order valence-electron chi connectivity index (χ3n) is 5.39. The summed E-state index contributed by atoms with van der Waals surface area (Å²) in [5.74, 6) is -1.05. The monoisotopic (exact) mass is 469 g/mol. The molecule has 0 unspecified atom stereocenters. The Bertz CT molecular complexity index is 1360. The first-order valence-electron chi connectivity index (χ1n) is 10.4. The second kappa shape index (κ2) is 10.1. The zero-order valence-corrected chi connectivity index (χ0v) is 18.6. The van der Waals surface area contributed by atoms with Crippen LogP contribution in [0.2, 0.25) is 0 Å². The molecule has 1 heterocycles. The van der Waals surface area contributed by atoms with Gasteiger partial charge in [0.2, 0.25) is 0 Å². The molecular formula is C23H23N3O8. The van der Waals surface area contributed by atoms with Crippen molar-refractivity contribution in [2.24, 2.45) is 0 Å². The lowest BCUT2D eigenvalue weighted by Crippen LogP contribution is -2.44. The normalized spacial score (nSPS) is 10.8. The first-order chi connectivity index (χ1) is 16.2. The Hall–Kier alpha value is -4.25.